The lowest BCUT2D eigenvalue weighted by atomic mass is 9.80. The van der Waals surface area contributed by atoms with Crippen LogP contribution in [0, 0.1) is 16.7 Å². The van der Waals surface area contributed by atoms with E-state index in [-0.39, 0.29) is 5.84 Å². The number of pyridine rings is 1. The highest BCUT2D eigenvalue weighted by molar-refractivity contribution is 5.93. The molecule has 0 bridgehead atoms. The largest absolute Gasteiger partial charge is 0.382 e. The number of hydrogen-bond donors (Lipinski definition) is 2. The van der Waals surface area contributed by atoms with Crippen LogP contribution in [0.5, 0.6) is 0 Å². The Morgan fingerprint density at radius 1 is 1.44 bits per heavy atom. The van der Waals surface area contributed by atoms with Crippen LogP contribution < -0.4 is 10.6 Å². The molecular formula is C14H22N4. The summed E-state index contributed by atoms with van der Waals surface area (Å²) in [5, 5.41) is 7.44. The predicted octanol–water partition coefficient (Wildman–Crippen LogP) is 2.24. The second kappa shape index (κ2) is 4.59. The van der Waals surface area contributed by atoms with Gasteiger partial charge in [-0.25, -0.2) is 4.98 Å². The lowest BCUT2D eigenvalue weighted by molar-refractivity contribution is 0.263. The number of amidine groups is 1. The molecule has 4 heteroatoms. The Labute approximate surface area is 109 Å². The second-order valence-electron chi connectivity index (χ2n) is 6.09. The van der Waals surface area contributed by atoms with Crippen molar-refractivity contribution in [1.82, 2.24) is 4.98 Å². The van der Waals surface area contributed by atoms with Gasteiger partial charge in [-0.1, -0.05) is 26.8 Å². The molecule has 1 atom stereocenters. The summed E-state index contributed by atoms with van der Waals surface area (Å²) in [7, 11) is 0. The maximum absolute atomic E-state index is 7.44. The molecule has 0 aliphatic carbocycles. The van der Waals surface area contributed by atoms with Gasteiger partial charge in [0.05, 0.1) is 0 Å². The first-order chi connectivity index (χ1) is 8.38. The van der Waals surface area contributed by atoms with Crippen molar-refractivity contribution in [2.75, 3.05) is 18.0 Å². The number of nitrogens with one attached hydrogen (secondary N) is 1. The van der Waals surface area contributed by atoms with Crippen molar-refractivity contribution in [3.05, 3.63) is 23.9 Å². The lowest BCUT2D eigenvalue weighted by Gasteiger charge is -2.27. The van der Waals surface area contributed by atoms with Gasteiger partial charge in [0.25, 0.3) is 0 Å². The average Bonchev–Trinajstić information content (AvgIpc) is 2.78. The molecule has 98 valence electrons. The molecule has 1 fully saturated rings. The summed E-state index contributed by atoms with van der Waals surface area (Å²) < 4.78 is 0. The van der Waals surface area contributed by atoms with Crippen LogP contribution in [0.1, 0.15) is 32.9 Å². The number of nitrogen functional groups attached to an aromatic ring is 1. The molecule has 1 saturated heterocycles. The van der Waals surface area contributed by atoms with Crippen LogP contribution in [0.2, 0.25) is 0 Å². The Hall–Kier alpha value is -1.58. The van der Waals surface area contributed by atoms with Crippen molar-refractivity contribution < 1.29 is 0 Å². The van der Waals surface area contributed by atoms with E-state index in [0.717, 1.165) is 18.9 Å². The number of anilines is 1. The van der Waals surface area contributed by atoms with Gasteiger partial charge in [0.2, 0.25) is 0 Å². The zero-order valence-corrected chi connectivity index (χ0v) is 11.4. The molecule has 1 unspecified atom stereocenters. The molecule has 2 heterocycles. The minimum atomic E-state index is 0.0309. The maximum atomic E-state index is 7.44. The van der Waals surface area contributed by atoms with E-state index in [4.69, 9.17) is 11.1 Å². The zero-order chi connectivity index (χ0) is 13.3. The number of hydrogen-bond acceptors (Lipinski definition) is 3. The average molecular weight is 246 g/mol. The smallest absolute Gasteiger partial charge is 0.141 e. The summed E-state index contributed by atoms with van der Waals surface area (Å²) in [5.74, 6) is 1.66. The van der Waals surface area contributed by atoms with Gasteiger partial charge >= 0.3 is 0 Å². The Balaban J connectivity index is 2.14. The summed E-state index contributed by atoms with van der Waals surface area (Å²) in [6, 6.07) is 5.70. The molecule has 1 aliphatic heterocycles. The first-order valence-electron chi connectivity index (χ1n) is 6.44. The van der Waals surface area contributed by atoms with Gasteiger partial charge in [-0.15, -0.1) is 0 Å². The van der Waals surface area contributed by atoms with Gasteiger partial charge in [0.1, 0.15) is 17.3 Å². The number of nitrogens with two attached hydrogens (primary N) is 1. The molecule has 0 spiro atoms. The van der Waals surface area contributed by atoms with Crippen LogP contribution in [0.4, 0.5) is 5.82 Å². The van der Waals surface area contributed by atoms with Crippen LogP contribution >= 0.6 is 0 Å². The summed E-state index contributed by atoms with van der Waals surface area (Å²) >= 11 is 0. The number of aromatic nitrogens is 1. The molecule has 1 aromatic heterocycles. The Bertz CT molecular complexity index is 447. The summed E-state index contributed by atoms with van der Waals surface area (Å²) in [6.45, 7) is 8.95. The topological polar surface area (TPSA) is 66.0 Å². The highest BCUT2D eigenvalue weighted by Crippen LogP contribution is 2.35. The van der Waals surface area contributed by atoms with Gasteiger partial charge in [-0.05, 0) is 29.9 Å². The van der Waals surface area contributed by atoms with E-state index >= 15 is 0 Å². The fourth-order valence-corrected chi connectivity index (χ4v) is 2.42. The minimum absolute atomic E-state index is 0.0309. The Morgan fingerprint density at radius 3 is 2.72 bits per heavy atom. The minimum Gasteiger partial charge on any atom is -0.382 e. The predicted molar refractivity (Wildman–Crippen MR) is 75.0 cm³/mol. The third kappa shape index (κ3) is 2.63. The molecule has 0 radical (unpaired) electrons. The van der Waals surface area contributed by atoms with Crippen molar-refractivity contribution >= 4 is 11.7 Å². The third-order valence-corrected chi connectivity index (χ3v) is 3.75. The second-order valence-corrected chi connectivity index (χ2v) is 6.09. The molecule has 1 aliphatic rings. The molecule has 18 heavy (non-hydrogen) atoms. The molecule has 3 N–H and O–H groups in total. The molecule has 0 saturated carbocycles. The van der Waals surface area contributed by atoms with E-state index in [1.54, 1.807) is 6.07 Å². The summed E-state index contributed by atoms with van der Waals surface area (Å²) in [5.41, 5.74) is 6.38. The molecular weight excluding hydrogens is 224 g/mol. The first kappa shape index (κ1) is 12.9. The number of nitrogens with zero attached hydrogens (tertiary/aromatic N) is 2. The fraction of sp³-hybridized carbons (Fsp3) is 0.571. The standard InChI is InChI=1S/C14H22N4/c1-14(2,3)10-7-8-18(9-10)12-6-4-5-11(17-12)13(15)16/h4-6,10H,7-9H2,1-3H3,(H3,15,16). The molecule has 1 aromatic rings. The van der Waals surface area contributed by atoms with Crippen molar-refractivity contribution in [3.63, 3.8) is 0 Å². The fourth-order valence-electron chi connectivity index (χ4n) is 2.42. The zero-order valence-electron chi connectivity index (χ0n) is 11.4. The van der Waals surface area contributed by atoms with Crippen molar-refractivity contribution in [1.29, 1.82) is 5.41 Å². The van der Waals surface area contributed by atoms with Gasteiger partial charge in [-0.2, -0.15) is 0 Å². The van der Waals surface area contributed by atoms with Crippen LogP contribution in [-0.2, 0) is 0 Å². The number of rotatable bonds is 2. The van der Waals surface area contributed by atoms with E-state index in [2.05, 4.69) is 30.7 Å². The van der Waals surface area contributed by atoms with Crippen LogP contribution in [-0.4, -0.2) is 23.9 Å². The Kier molecular flexibility index (Phi) is 3.28. The third-order valence-electron chi connectivity index (χ3n) is 3.75. The van der Waals surface area contributed by atoms with Gasteiger partial charge in [-0.3, -0.25) is 5.41 Å². The highest BCUT2D eigenvalue weighted by Gasteiger charge is 2.32. The Morgan fingerprint density at radius 2 is 2.17 bits per heavy atom. The normalized spacial score (nSPS) is 20.2. The van der Waals surface area contributed by atoms with E-state index in [9.17, 15) is 0 Å². The molecule has 0 aromatic carbocycles. The van der Waals surface area contributed by atoms with Gasteiger partial charge in [0, 0.05) is 13.1 Å². The van der Waals surface area contributed by atoms with Gasteiger partial charge in [0.15, 0.2) is 0 Å². The first-order valence-corrected chi connectivity index (χ1v) is 6.44. The lowest BCUT2D eigenvalue weighted by Crippen LogP contribution is -2.26. The molecule has 4 nitrogen and oxygen atoms in total. The molecule has 2 rings (SSSR count). The quantitative estimate of drug-likeness (QED) is 0.621. The molecule has 0 amide bonds. The summed E-state index contributed by atoms with van der Waals surface area (Å²) in [4.78, 5) is 6.74. The summed E-state index contributed by atoms with van der Waals surface area (Å²) in [6.07, 6.45) is 1.20. The van der Waals surface area contributed by atoms with E-state index in [0.29, 0.717) is 17.0 Å². The van der Waals surface area contributed by atoms with Gasteiger partial charge < -0.3 is 10.6 Å². The van der Waals surface area contributed by atoms with Crippen LogP contribution in [0.25, 0.3) is 0 Å². The van der Waals surface area contributed by atoms with Crippen molar-refractivity contribution in [2.24, 2.45) is 17.1 Å². The van der Waals surface area contributed by atoms with E-state index in [1.165, 1.54) is 6.42 Å². The maximum Gasteiger partial charge on any atom is 0.141 e. The van der Waals surface area contributed by atoms with Crippen molar-refractivity contribution in [3.8, 4) is 0 Å². The van der Waals surface area contributed by atoms with E-state index < -0.39 is 0 Å². The van der Waals surface area contributed by atoms with Crippen molar-refractivity contribution in [2.45, 2.75) is 27.2 Å². The van der Waals surface area contributed by atoms with E-state index in [1.807, 2.05) is 12.1 Å². The van der Waals surface area contributed by atoms with Crippen LogP contribution in [0.15, 0.2) is 18.2 Å². The highest BCUT2D eigenvalue weighted by atomic mass is 15.2. The SMILES string of the molecule is CC(C)(C)C1CCN(c2cccc(C(=N)N)n2)C1. The van der Waals surface area contributed by atoms with Crippen LogP contribution in [0.3, 0.4) is 0 Å². The monoisotopic (exact) mass is 246 g/mol.